The van der Waals surface area contributed by atoms with Gasteiger partial charge in [0.15, 0.2) is 0 Å². The number of benzene rings is 1. The van der Waals surface area contributed by atoms with Crippen LogP contribution in [0.4, 0.5) is 5.69 Å². The molecule has 0 spiro atoms. The summed E-state index contributed by atoms with van der Waals surface area (Å²) in [5.41, 5.74) is 0.959. The smallest absolute Gasteiger partial charge is 0.321 e. The summed E-state index contributed by atoms with van der Waals surface area (Å²) in [5.74, 6) is -1.13. The number of nitro benzene ring substituents is 1. The molecule has 2 heterocycles. The number of ether oxygens (including phenoxy) is 2. The Hall–Kier alpha value is -2.48. The van der Waals surface area contributed by atoms with Crippen molar-refractivity contribution in [3.63, 3.8) is 0 Å². The van der Waals surface area contributed by atoms with Crippen LogP contribution in [0.2, 0.25) is 0 Å². The number of esters is 1. The maximum Gasteiger partial charge on any atom is 0.321 e. The average molecular weight is 292 g/mol. The van der Waals surface area contributed by atoms with Crippen LogP contribution in [0.1, 0.15) is 12.5 Å². The standard InChI is InChI=1S/C13H12N2O6/c1-2-19-13-11-9(12(16)20-13)10(14-21-11)7-3-5-8(6-4-7)15(17)18/h3-6,9,11,13H,2H2,1H3/t9-,11-,13-/m1/s1. The van der Waals surface area contributed by atoms with Crippen molar-refractivity contribution in [2.24, 2.45) is 11.1 Å². The van der Waals surface area contributed by atoms with Crippen LogP contribution >= 0.6 is 0 Å². The number of nitrogens with zero attached hydrogens (tertiary/aromatic N) is 2. The maximum absolute atomic E-state index is 11.9. The van der Waals surface area contributed by atoms with Crippen LogP contribution in [0.5, 0.6) is 0 Å². The van der Waals surface area contributed by atoms with Gasteiger partial charge in [0.25, 0.3) is 5.69 Å². The lowest BCUT2D eigenvalue weighted by Gasteiger charge is -2.13. The van der Waals surface area contributed by atoms with Gasteiger partial charge in [0, 0.05) is 24.3 Å². The Balaban J connectivity index is 1.84. The molecule has 110 valence electrons. The van der Waals surface area contributed by atoms with E-state index in [1.807, 2.05) is 0 Å². The molecule has 1 fully saturated rings. The van der Waals surface area contributed by atoms with Crippen LogP contribution in [0.15, 0.2) is 29.4 Å². The Kier molecular flexibility index (Phi) is 3.30. The minimum atomic E-state index is -0.771. The van der Waals surface area contributed by atoms with Crippen molar-refractivity contribution in [2.75, 3.05) is 6.61 Å². The first-order valence-corrected chi connectivity index (χ1v) is 6.42. The Morgan fingerprint density at radius 3 is 2.71 bits per heavy atom. The summed E-state index contributed by atoms with van der Waals surface area (Å²) >= 11 is 0. The third-order valence-corrected chi connectivity index (χ3v) is 3.36. The largest absolute Gasteiger partial charge is 0.431 e. The topological polar surface area (TPSA) is 100 Å². The monoisotopic (exact) mass is 292 g/mol. The van der Waals surface area contributed by atoms with Gasteiger partial charge in [0.05, 0.1) is 4.92 Å². The molecule has 0 bridgehead atoms. The van der Waals surface area contributed by atoms with Gasteiger partial charge in [-0.3, -0.25) is 14.9 Å². The van der Waals surface area contributed by atoms with E-state index >= 15 is 0 Å². The first-order chi connectivity index (χ1) is 10.1. The lowest BCUT2D eigenvalue weighted by Crippen LogP contribution is -2.30. The molecule has 2 aliphatic rings. The molecule has 2 aliphatic heterocycles. The molecule has 0 aromatic heterocycles. The van der Waals surface area contributed by atoms with E-state index in [1.54, 1.807) is 6.92 Å². The first-order valence-electron chi connectivity index (χ1n) is 6.42. The highest BCUT2D eigenvalue weighted by Crippen LogP contribution is 2.34. The minimum absolute atomic E-state index is 0.0315. The number of nitro groups is 1. The van der Waals surface area contributed by atoms with Crippen LogP contribution in [0.25, 0.3) is 0 Å². The van der Waals surface area contributed by atoms with E-state index in [1.165, 1.54) is 24.3 Å². The normalized spacial score (nSPS) is 26.8. The highest BCUT2D eigenvalue weighted by molar-refractivity contribution is 6.13. The zero-order valence-electron chi connectivity index (χ0n) is 11.1. The zero-order valence-corrected chi connectivity index (χ0v) is 11.1. The van der Waals surface area contributed by atoms with Gasteiger partial charge in [-0.15, -0.1) is 0 Å². The molecule has 0 amide bonds. The van der Waals surface area contributed by atoms with E-state index in [9.17, 15) is 14.9 Å². The van der Waals surface area contributed by atoms with Gasteiger partial charge in [-0.1, -0.05) is 5.16 Å². The highest BCUT2D eigenvalue weighted by Gasteiger charge is 2.54. The van der Waals surface area contributed by atoms with Crippen LogP contribution in [-0.4, -0.2) is 35.6 Å². The fourth-order valence-corrected chi connectivity index (χ4v) is 2.38. The minimum Gasteiger partial charge on any atom is -0.431 e. The fourth-order valence-electron chi connectivity index (χ4n) is 2.38. The summed E-state index contributed by atoms with van der Waals surface area (Å²) in [7, 11) is 0. The molecule has 0 radical (unpaired) electrons. The van der Waals surface area contributed by atoms with E-state index < -0.39 is 29.2 Å². The quantitative estimate of drug-likeness (QED) is 0.470. The number of cyclic esters (lactones) is 1. The highest BCUT2D eigenvalue weighted by atomic mass is 16.8. The molecule has 3 rings (SSSR count). The zero-order chi connectivity index (χ0) is 15.0. The second-order valence-electron chi connectivity index (χ2n) is 4.59. The number of oxime groups is 1. The average Bonchev–Trinajstić information content (AvgIpc) is 3.02. The summed E-state index contributed by atoms with van der Waals surface area (Å²) in [4.78, 5) is 27.3. The molecule has 8 nitrogen and oxygen atoms in total. The van der Waals surface area contributed by atoms with E-state index in [0.29, 0.717) is 17.9 Å². The van der Waals surface area contributed by atoms with Crippen molar-refractivity contribution >= 4 is 17.4 Å². The van der Waals surface area contributed by atoms with Crippen LogP contribution in [0, 0.1) is 16.0 Å². The van der Waals surface area contributed by atoms with Crippen molar-refractivity contribution in [2.45, 2.75) is 19.3 Å². The summed E-state index contributed by atoms with van der Waals surface area (Å²) in [6.45, 7) is 2.17. The number of hydrogen-bond acceptors (Lipinski definition) is 7. The number of carbonyl (C=O) groups excluding carboxylic acids is 1. The predicted octanol–water partition coefficient (Wildman–Crippen LogP) is 1.23. The van der Waals surface area contributed by atoms with Crippen molar-refractivity contribution < 1.29 is 24.0 Å². The molecule has 1 saturated heterocycles. The van der Waals surface area contributed by atoms with Crippen molar-refractivity contribution in [1.29, 1.82) is 0 Å². The van der Waals surface area contributed by atoms with Crippen molar-refractivity contribution in [1.82, 2.24) is 0 Å². The number of hydrogen-bond donors (Lipinski definition) is 0. The number of non-ortho nitro benzene ring substituents is 1. The molecule has 1 aromatic carbocycles. The van der Waals surface area contributed by atoms with Gasteiger partial charge in [-0.2, -0.15) is 0 Å². The Bertz CT molecular complexity index is 612. The molecule has 3 atom stereocenters. The second-order valence-corrected chi connectivity index (χ2v) is 4.59. The summed E-state index contributed by atoms with van der Waals surface area (Å²) in [6, 6.07) is 5.77. The molecule has 21 heavy (non-hydrogen) atoms. The van der Waals surface area contributed by atoms with Gasteiger partial charge >= 0.3 is 5.97 Å². The lowest BCUT2D eigenvalue weighted by molar-refractivity contribution is -0.384. The molecule has 0 unspecified atom stereocenters. The van der Waals surface area contributed by atoms with Crippen molar-refractivity contribution in [3.8, 4) is 0 Å². The summed E-state index contributed by atoms with van der Waals surface area (Å²) in [5, 5.41) is 14.6. The van der Waals surface area contributed by atoms with E-state index in [2.05, 4.69) is 5.16 Å². The van der Waals surface area contributed by atoms with Gasteiger partial charge < -0.3 is 14.3 Å². The maximum atomic E-state index is 11.9. The second kappa shape index (κ2) is 5.13. The fraction of sp³-hybridized carbons (Fsp3) is 0.385. The summed E-state index contributed by atoms with van der Waals surface area (Å²) in [6.07, 6.45) is -1.38. The Morgan fingerprint density at radius 2 is 2.10 bits per heavy atom. The van der Waals surface area contributed by atoms with E-state index in [0.717, 1.165) is 0 Å². The third-order valence-electron chi connectivity index (χ3n) is 3.36. The number of rotatable bonds is 4. The van der Waals surface area contributed by atoms with Crippen LogP contribution in [-0.2, 0) is 19.1 Å². The van der Waals surface area contributed by atoms with Gasteiger partial charge in [-0.05, 0) is 19.1 Å². The molecule has 1 aromatic rings. The van der Waals surface area contributed by atoms with Crippen LogP contribution < -0.4 is 0 Å². The van der Waals surface area contributed by atoms with E-state index in [4.69, 9.17) is 14.3 Å². The summed E-state index contributed by atoms with van der Waals surface area (Å²) < 4.78 is 10.4. The SMILES string of the molecule is CCO[C@@H]1OC(=O)[C@@H]2C(c3ccc([N+](=O)[O-])cc3)=NO[C@@H]12. The van der Waals surface area contributed by atoms with Gasteiger partial charge in [0.1, 0.15) is 11.6 Å². The van der Waals surface area contributed by atoms with Gasteiger partial charge in [0.2, 0.25) is 12.4 Å². The molecule has 0 aliphatic carbocycles. The molecule has 8 heteroatoms. The molecular weight excluding hydrogens is 280 g/mol. The first kappa shape index (κ1) is 13.5. The molecular formula is C13H12N2O6. The Morgan fingerprint density at radius 1 is 1.38 bits per heavy atom. The van der Waals surface area contributed by atoms with Gasteiger partial charge in [-0.25, -0.2) is 0 Å². The molecule has 0 N–H and O–H groups in total. The lowest BCUT2D eigenvalue weighted by atomic mass is 9.94. The Labute approximate surface area is 119 Å². The van der Waals surface area contributed by atoms with E-state index in [-0.39, 0.29) is 5.69 Å². The van der Waals surface area contributed by atoms with Crippen LogP contribution in [0.3, 0.4) is 0 Å². The molecule has 0 saturated carbocycles. The third kappa shape index (κ3) is 2.23. The number of fused-ring (bicyclic) bond motifs is 1. The van der Waals surface area contributed by atoms with Crippen molar-refractivity contribution in [3.05, 3.63) is 39.9 Å². The number of carbonyl (C=O) groups is 1. The predicted molar refractivity (Wildman–Crippen MR) is 69.5 cm³/mol.